The van der Waals surface area contributed by atoms with Crippen LogP contribution in [0.4, 0.5) is 23.2 Å². The van der Waals surface area contributed by atoms with E-state index in [2.05, 4.69) is 5.32 Å². The molecule has 1 amide bonds. The van der Waals surface area contributed by atoms with Gasteiger partial charge in [0.05, 0.1) is 11.1 Å². The van der Waals surface area contributed by atoms with Crippen LogP contribution in [0.25, 0.3) is 0 Å². The summed E-state index contributed by atoms with van der Waals surface area (Å²) in [5, 5.41) is 2.24. The number of ether oxygens (including phenoxy) is 1. The van der Waals surface area contributed by atoms with Crippen LogP contribution in [0.3, 0.4) is 0 Å². The van der Waals surface area contributed by atoms with Gasteiger partial charge in [-0.15, -0.1) is 0 Å². The summed E-state index contributed by atoms with van der Waals surface area (Å²) in [6.07, 6.45) is -5.80. The Bertz CT molecular complexity index is 772. The molecule has 132 valence electrons. The van der Waals surface area contributed by atoms with Crippen molar-refractivity contribution < 1.29 is 31.9 Å². The summed E-state index contributed by atoms with van der Waals surface area (Å²) in [6.45, 7) is 1.27. The standard InChI is InChI=1S/C17H13F4NO3/c1-10(25-16(24)11-5-7-13(18)8-6-11)15(23)22-14-4-2-3-12(9-14)17(19,20)21/h2-10H,1H3,(H,22,23)/t10-/m0/s1. The third-order valence-corrected chi connectivity index (χ3v) is 3.19. The fraction of sp³-hybridized carbons (Fsp3) is 0.176. The number of hydrogen-bond donors (Lipinski definition) is 1. The highest BCUT2D eigenvalue weighted by Gasteiger charge is 2.30. The van der Waals surface area contributed by atoms with Gasteiger partial charge in [-0.1, -0.05) is 6.07 Å². The van der Waals surface area contributed by atoms with Crippen molar-refractivity contribution in [2.45, 2.75) is 19.2 Å². The van der Waals surface area contributed by atoms with Crippen LogP contribution in [0, 0.1) is 5.82 Å². The number of halogens is 4. The minimum atomic E-state index is -4.54. The van der Waals surface area contributed by atoms with Crippen molar-refractivity contribution in [3.63, 3.8) is 0 Å². The average molecular weight is 355 g/mol. The minimum absolute atomic E-state index is 0.0418. The van der Waals surface area contributed by atoms with Crippen molar-refractivity contribution in [2.75, 3.05) is 5.32 Å². The predicted octanol–water partition coefficient (Wildman–Crippen LogP) is 4.03. The number of nitrogens with one attached hydrogen (secondary N) is 1. The van der Waals surface area contributed by atoms with Crippen LogP contribution in [0.1, 0.15) is 22.8 Å². The van der Waals surface area contributed by atoms with E-state index in [1.54, 1.807) is 0 Å². The first-order valence-corrected chi connectivity index (χ1v) is 7.11. The summed E-state index contributed by atoms with van der Waals surface area (Å²) < 4.78 is 55.6. The number of carbonyl (C=O) groups is 2. The second-order valence-electron chi connectivity index (χ2n) is 5.12. The monoisotopic (exact) mass is 355 g/mol. The largest absolute Gasteiger partial charge is 0.449 e. The van der Waals surface area contributed by atoms with E-state index in [9.17, 15) is 27.2 Å². The average Bonchev–Trinajstić information content (AvgIpc) is 2.54. The Labute approximate surface area is 140 Å². The van der Waals surface area contributed by atoms with Gasteiger partial charge in [0, 0.05) is 5.69 Å². The van der Waals surface area contributed by atoms with Crippen LogP contribution in [-0.4, -0.2) is 18.0 Å². The van der Waals surface area contributed by atoms with Crippen molar-refractivity contribution >= 4 is 17.6 Å². The van der Waals surface area contributed by atoms with Gasteiger partial charge in [-0.25, -0.2) is 9.18 Å². The molecule has 0 aliphatic carbocycles. The summed E-state index contributed by atoms with van der Waals surface area (Å²) in [5.74, 6) is -2.19. The molecule has 0 radical (unpaired) electrons. The van der Waals surface area contributed by atoms with Gasteiger partial charge < -0.3 is 10.1 Å². The molecule has 1 atom stereocenters. The number of rotatable bonds is 4. The lowest BCUT2D eigenvalue weighted by atomic mass is 10.2. The molecule has 2 aromatic rings. The summed E-state index contributed by atoms with van der Waals surface area (Å²) in [5.41, 5.74) is -0.953. The first-order chi connectivity index (χ1) is 11.7. The molecule has 0 spiro atoms. The lowest BCUT2D eigenvalue weighted by Gasteiger charge is -2.14. The summed E-state index contributed by atoms with van der Waals surface area (Å²) >= 11 is 0. The van der Waals surface area contributed by atoms with Crippen molar-refractivity contribution in [1.82, 2.24) is 0 Å². The maximum Gasteiger partial charge on any atom is 0.416 e. The molecule has 0 aliphatic rings. The van der Waals surface area contributed by atoms with Gasteiger partial charge in [0.2, 0.25) is 0 Å². The van der Waals surface area contributed by atoms with Gasteiger partial charge >= 0.3 is 12.1 Å². The molecule has 2 aromatic carbocycles. The van der Waals surface area contributed by atoms with Crippen LogP contribution in [0.2, 0.25) is 0 Å². The van der Waals surface area contributed by atoms with E-state index >= 15 is 0 Å². The van der Waals surface area contributed by atoms with E-state index in [0.29, 0.717) is 0 Å². The number of benzene rings is 2. The highest BCUT2D eigenvalue weighted by molar-refractivity contribution is 5.97. The molecule has 0 heterocycles. The van der Waals surface area contributed by atoms with Crippen LogP contribution in [0.5, 0.6) is 0 Å². The number of anilines is 1. The highest BCUT2D eigenvalue weighted by Crippen LogP contribution is 2.30. The van der Waals surface area contributed by atoms with Gasteiger partial charge in [0.25, 0.3) is 5.91 Å². The SMILES string of the molecule is C[C@H](OC(=O)c1ccc(F)cc1)C(=O)Nc1cccc(C(F)(F)F)c1. The molecule has 4 nitrogen and oxygen atoms in total. The Morgan fingerprint density at radius 3 is 2.32 bits per heavy atom. The molecule has 8 heteroatoms. The molecule has 25 heavy (non-hydrogen) atoms. The smallest absolute Gasteiger partial charge is 0.416 e. The zero-order valence-corrected chi connectivity index (χ0v) is 12.9. The maximum atomic E-state index is 12.8. The molecule has 0 unspecified atom stereocenters. The van der Waals surface area contributed by atoms with E-state index in [4.69, 9.17) is 4.74 Å². The van der Waals surface area contributed by atoms with Crippen LogP contribution in [-0.2, 0) is 15.7 Å². The second kappa shape index (κ2) is 7.33. The molecule has 0 saturated carbocycles. The lowest BCUT2D eigenvalue weighted by Crippen LogP contribution is -2.30. The third kappa shape index (κ3) is 5.03. The number of carbonyl (C=O) groups excluding carboxylic acids is 2. The Hall–Kier alpha value is -2.90. The van der Waals surface area contributed by atoms with Crippen LogP contribution >= 0.6 is 0 Å². The van der Waals surface area contributed by atoms with Gasteiger partial charge in [0.15, 0.2) is 6.10 Å². The van der Waals surface area contributed by atoms with E-state index in [-0.39, 0.29) is 11.3 Å². The number of amides is 1. The zero-order valence-electron chi connectivity index (χ0n) is 12.9. The lowest BCUT2D eigenvalue weighted by molar-refractivity contribution is -0.137. The minimum Gasteiger partial charge on any atom is -0.449 e. The number of alkyl halides is 3. The van der Waals surface area contributed by atoms with E-state index in [0.717, 1.165) is 30.3 Å². The molecule has 2 rings (SSSR count). The van der Waals surface area contributed by atoms with E-state index in [1.807, 2.05) is 0 Å². The molecule has 0 aromatic heterocycles. The molecule has 0 fully saturated rings. The Morgan fingerprint density at radius 1 is 1.08 bits per heavy atom. The van der Waals surface area contributed by atoms with Crippen LogP contribution in [0.15, 0.2) is 48.5 Å². The fourth-order valence-electron chi connectivity index (χ4n) is 1.89. The van der Waals surface area contributed by atoms with Gasteiger partial charge in [-0.3, -0.25) is 4.79 Å². The Kier molecular flexibility index (Phi) is 5.41. The van der Waals surface area contributed by atoms with E-state index < -0.39 is 35.5 Å². The van der Waals surface area contributed by atoms with Gasteiger partial charge in [-0.2, -0.15) is 13.2 Å². The first kappa shape index (κ1) is 18.4. The summed E-state index contributed by atoms with van der Waals surface area (Å²) in [6, 6.07) is 8.56. The normalized spacial score (nSPS) is 12.4. The highest BCUT2D eigenvalue weighted by atomic mass is 19.4. The Balaban J connectivity index is 2.01. The molecule has 0 saturated heterocycles. The molecule has 0 aliphatic heterocycles. The fourth-order valence-corrected chi connectivity index (χ4v) is 1.89. The maximum absolute atomic E-state index is 12.8. The van der Waals surface area contributed by atoms with Crippen LogP contribution < -0.4 is 5.32 Å². The predicted molar refractivity (Wildman–Crippen MR) is 81.4 cm³/mol. The van der Waals surface area contributed by atoms with Gasteiger partial charge in [-0.05, 0) is 49.4 Å². The molecular weight excluding hydrogens is 342 g/mol. The first-order valence-electron chi connectivity index (χ1n) is 7.11. The molecular formula is C17H13F4NO3. The van der Waals surface area contributed by atoms with Crippen molar-refractivity contribution in [1.29, 1.82) is 0 Å². The van der Waals surface area contributed by atoms with E-state index in [1.165, 1.54) is 25.1 Å². The second-order valence-corrected chi connectivity index (χ2v) is 5.12. The van der Waals surface area contributed by atoms with Crippen molar-refractivity contribution in [3.05, 3.63) is 65.5 Å². The molecule has 1 N–H and O–H groups in total. The summed E-state index contributed by atoms with van der Waals surface area (Å²) in [4.78, 5) is 23.8. The van der Waals surface area contributed by atoms with Crippen molar-refractivity contribution in [2.24, 2.45) is 0 Å². The quantitative estimate of drug-likeness (QED) is 0.666. The molecule has 0 bridgehead atoms. The Morgan fingerprint density at radius 2 is 1.72 bits per heavy atom. The van der Waals surface area contributed by atoms with Gasteiger partial charge in [0.1, 0.15) is 5.82 Å². The van der Waals surface area contributed by atoms with Crippen molar-refractivity contribution in [3.8, 4) is 0 Å². The summed E-state index contributed by atoms with van der Waals surface area (Å²) in [7, 11) is 0. The zero-order chi connectivity index (χ0) is 18.6. The topological polar surface area (TPSA) is 55.4 Å². The third-order valence-electron chi connectivity index (χ3n) is 3.19. The number of esters is 1. The number of hydrogen-bond acceptors (Lipinski definition) is 3.